The maximum atomic E-state index is 14.0. The molecule has 0 spiro atoms. The van der Waals surface area contributed by atoms with E-state index in [2.05, 4.69) is 32.6 Å². The highest BCUT2D eigenvalue weighted by Crippen LogP contribution is 2.38. The lowest BCUT2D eigenvalue weighted by atomic mass is 9.73. The van der Waals surface area contributed by atoms with Gasteiger partial charge in [0, 0.05) is 33.0 Å². The Labute approximate surface area is 251 Å². The fourth-order valence-corrected chi connectivity index (χ4v) is 5.20. The molecule has 2 aliphatic rings. The summed E-state index contributed by atoms with van der Waals surface area (Å²) in [6.07, 6.45) is -5.89. The Morgan fingerprint density at radius 1 is 1.11 bits per heavy atom. The topological polar surface area (TPSA) is 144 Å². The van der Waals surface area contributed by atoms with Crippen molar-refractivity contribution >= 4 is 29.5 Å². The number of hydrogen-bond acceptors (Lipinski definition) is 6. The Morgan fingerprint density at radius 3 is 2.48 bits per heavy atom. The molecule has 0 aliphatic carbocycles. The van der Waals surface area contributed by atoms with Crippen LogP contribution in [0, 0.1) is 17.3 Å². The average Bonchev–Trinajstić information content (AvgIpc) is 3.20. The second kappa shape index (κ2) is 12.4. The van der Waals surface area contributed by atoms with Crippen molar-refractivity contribution in [3.63, 3.8) is 0 Å². The number of fused-ring (bicyclic) bond motifs is 1. The molecule has 44 heavy (non-hydrogen) atoms. The molecule has 0 radical (unpaired) electrons. The van der Waals surface area contributed by atoms with Gasteiger partial charge in [-0.3, -0.25) is 14.4 Å². The van der Waals surface area contributed by atoms with Gasteiger partial charge >= 0.3 is 12.3 Å². The van der Waals surface area contributed by atoms with Gasteiger partial charge < -0.3 is 20.6 Å². The van der Waals surface area contributed by atoms with E-state index in [4.69, 9.17) is 5.11 Å². The molecule has 0 unspecified atom stereocenters. The summed E-state index contributed by atoms with van der Waals surface area (Å²) < 4.78 is 39.3. The third-order valence-corrected chi connectivity index (χ3v) is 7.42. The molecule has 0 bridgehead atoms. The number of halogens is 3. The van der Waals surface area contributed by atoms with Crippen molar-refractivity contribution in [1.82, 2.24) is 25.5 Å². The van der Waals surface area contributed by atoms with Crippen LogP contribution in [0.1, 0.15) is 43.6 Å². The van der Waals surface area contributed by atoms with Crippen molar-refractivity contribution in [2.45, 2.75) is 50.9 Å². The van der Waals surface area contributed by atoms with Crippen molar-refractivity contribution in [2.24, 2.45) is 10.5 Å². The minimum Gasteiger partial charge on any atom is -0.465 e. The van der Waals surface area contributed by atoms with E-state index in [9.17, 15) is 32.3 Å². The van der Waals surface area contributed by atoms with Crippen LogP contribution >= 0.6 is 0 Å². The van der Waals surface area contributed by atoms with Crippen molar-refractivity contribution in [3.8, 4) is 11.8 Å². The number of pyridine rings is 1. The van der Waals surface area contributed by atoms with Gasteiger partial charge in [0.2, 0.25) is 11.8 Å². The van der Waals surface area contributed by atoms with E-state index < -0.39 is 46.8 Å². The molecule has 3 N–H and O–H groups in total. The van der Waals surface area contributed by atoms with E-state index in [1.54, 1.807) is 7.05 Å². The minimum absolute atomic E-state index is 0.0332. The summed E-state index contributed by atoms with van der Waals surface area (Å²) >= 11 is 0. The van der Waals surface area contributed by atoms with Gasteiger partial charge in [-0.2, -0.15) is 18.3 Å². The van der Waals surface area contributed by atoms with E-state index >= 15 is 0 Å². The zero-order chi connectivity index (χ0) is 32.3. The number of aromatic nitrogens is 1. The molecule has 4 amide bonds. The number of carbonyl (C=O) groups excluding carboxylic acids is 3. The van der Waals surface area contributed by atoms with Crippen LogP contribution in [0.25, 0.3) is 0 Å². The highest BCUT2D eigenvalue weighted by atomic mass is 19.4. The smallest absolute Gasteiger partial charge is 0.433 e. The summed E-state index contributed by atoms with van der Waals surface area (Å²) in [6, 6.07) is 11.2. The fourth-order valence-electron chi connectivity index (χ4n) is 5.20. The first-order chi connectivity index (χ1) is 20.6. The lowest BCUT2D eigenvalue weighted by Gasteiger charge is -2.40. The summed E-state index contributed by atoms with van der Waals surface area (Å²) in [5.41, 5.74) is -2.58. The number of benzene rings is 1. The van der Waals surface area contributed by atoms with Crippen LogP contribution in [-0.2, 0) is 27.0 Å². The molecule has 1 aromatic heterocycles. The van der Waals surface area contributed by atoms with E-state index in [-0.39, 0.29) is 37.5 Å². The second-order valence-corrected chi connectivity index (χ2v) is 11.1. The molecule has 1 fully saturated rings. The van der Waals surface area contributed by atoms with Gasteiger partial charge in [-0.05, 0) is 43.9 Å². The molecular formula is C30H31F3N6O5. The number of carbonyl (C=O) groups is 4. The largest absolute Gasteiger partial charge is 0.465 e. The predicted molar refractivity (Wildman–Crippen MR) is 152 cm³/mol. The van der Waals surface area contributed by atoms with Crippen LogP contribution in [0.3, 0.4) is 0 Å². The monoisotopic (exact) mass is 612 g/mol. The first-order valence-electron chi connectivity index (χ1n) is 13.7. The molecular weight excluding hydrogens is 581 g/mol. The SMILES string of the molecule is CN1N=C2CCN(C(=O)[C@@H](CC#Cc3cccc(C(F)(F)F)n3)NC(=O)C(C)(C)NC(=O)O)C[C@@]2(Cc2ccccc2)C1=O. The molecule has 4 rings (SSSR count). The zero-order valence-electron chi connectivity index (χ0n) is 24.2. The van der Waals surface area contributed by atoms with Crippen LogP contribution in [0.15, 0.2) is 53.6 Å². The van der Waals surface area contributed by atoms with Gasteiger partial charge in [0.15, 0.2) is 0 Å². The molecule has 11 nitrogen and oxygen atoms in total. The Balaban J connectivity index is 1.62. The van der Waals surface area contributed by atoms with Crippen LogP contribution in [0.2, 0.25) is 0 Å². The van der Waals surface area contributed by atoms with Crippen LogP contribution in [-0.4, -0.2) is 81.2 Å². The number of amides is 4. The molecule has 1 saturated heterocycles. The summed E-state index contributed by atoms with van der Waals surface area (Å²) in [4.78, 5) is 56.7. The number of hydrogen-bond donors (Lipinski definition) is 3. The van der Waals surface area contributed by atoms with Crippen molar-refractivity contribution in [3.05, 3.63) is 65.5 Å². The number of piperidine rings is 1. The zero-order valence-corrected chi connectivity index (χ0v) is 24.2. The van der Waals surface area contributed by atoms with Crippen LogP contribution < -0.4 is 10.6 Å². The molecule has 2 atom stereocenters. The molecule has 0 saturated carbocycles. The second-order valence-electron chi connectivity index (χ2n) is 11.1. The van der Waals surface area contributed by atoms with Gasteiger partial charge in [-0.15, -0.1) is 0 Å². The number of likely N-dealkylation sites (tertiary alicyclic amines) is 1. The molecule has 14 heteroatoms. The lowest BCUT2D eigenvalue weighted by molar-refractivity contribution is -0.142. The third-order valence-electron chi connectivity index (χ3n) is 7.42. The van der Waals surface area contributed by atoms with Crippen molar-refractivity contribution < 1.29 is 37.5 Å². The standard InChI is InChI=1S/C30H31F3N6O5/c1-28(2,36-27(43)44)25(41)35-21(13-7-11-20-12-8-14-23(34-20)30(31,32)33)24(40)39-16-15-22-29(18-39,26(42)38(3)37-22)17-19-9-5-4-6-10-19/h4-6,8-10,12,14,21,36H,13,15-18H2,1-3H3,(H,35,41)(H,43,44)/t21-,29-/m1/s1. The highest BCUT2D eigenvalue weighted by molar-refractivity contribution is 6.13. The summed E-state index contributed by atoms with van der Waals surface area (Å²) in [5, 5.41) is 19.5. The van der Waals surface area contributed by atoms with Crippen molar-refractivity contribution in [2.75, 3.05) is 20.1 Å². The van der Waals surface area contributed by atoms with E-state index in [0.717, 1.165) is 17.7 Å². The Bertz CT molecular complexity index is 1550. The Kier molecular flexibility index (Phi) is 8.98. The number of alkyl halides is 3. The van der Waals surface area contributed by atoms with Crippen LogP contribution in [0.5, 0.6) is 0 Å². The average molecular weight is 613 g/mol. The summed E-state index contributed by atoms with van der Waals surface area (Å²) in [6.45, 7) is 2.76. The first kappa shape index (κ1) is 32.0. The maximum Gasteiger partial charge on any atom is 0.433 e. The number of nitrogens with one attached hydrogen (secondary N) is 2. The predicted octanol–water partition coefficient (Wildman–Crippen LogP) is 2.66. The number of nitrogens with zero attached hydrogens (tertiary/aromatic N) is 4. The van der Waals surface area contributed by atoms with Gasteiger partial charge in [0.05, 0.1) is 5.71 Å². The summed E-state index contributed by atoms with van der Waals surface area (Å²) in [7, 11) is 1.55. The van der Waals surface area contributed by atoms with E-state index in [1.807, 2.05) is 30.3 Å². The van der Waals surface area contributed by atoms with Crippen molar-refractivity contribution in [1.29, 1.82) is 0 Å². The first-order valence-corrected chi connectivity index (χ1v) is 13.7. The Hall–Kier alpha value is -4.93. The van der Waals surface area contributed by atoms with Crippen LogP contribution in [0.4, 0.5) is 18.0 Å². The molecule has 2 aliphatic heterocycles. The van der Waals surface area contributed by atoms with Gasteiger partial charge in [-0.1, -0.05) is 42.3 Å². The quantitative estimate of drug-likeness (QED) is 0.410. The fraction of sp³-hybridized carbons (Fsp3) is 0.400. The Morgan fingerprint density at radius 2 is 1.82 bits per heavy atom. The normalized spacial score (nSPS) is 18.9. The van der Waals surface area contributed by atoms with E-state index in [1.165, 1.54) is 29.8 Å². The maximum absolute atomic E-state index is 14.0. The number of rotatable bonds is 7. The van der Waals surface area contributed by atoms with Gasteiger partial charge in [0.25, 0.3) is 5.91 Å². The van der Waals surface area contributed by atoms with Gasteiger partial charge in [0.1, 0.15) is 28.4 Å². The molecule has 1 aromatic carbocycles. The molecule has 232 valence electrons. The molecule has 3 heterocycles. The third kappa shape index (κ3) is 6.99. The van der Waals surface area contributed by atoms with Gasteiger partial charge in [-0.25, -0.2) is 14.8 Å². The summed E-state index contributed by atoms with van der Waals surface area (Å²) in [5.74, 6) is 3.44. The number of hydrazone groups is 1. The highest BCUT2D eigenvalue weighted by Gasteiger charge is 2.54. The minimum atomic E-state index is -4.68. The van der Waals surface area contributed by atoms with E-state index in [0.29, 0.717) is 12.1 Å². The lowest BCUT2D eigenvalue weighted by Crippen LogP contribution is -2.61. The number of carboxylic acid groups (broad SMARTS) is 1. The molecule has 2 aromatic rings.